The zero-order valence-electron chi connectivity index (χ0n) is 41.0. The van der Waals surface area contributed by atoms with E-state index < -0.39 is 136 Å². The Kier molecular flexibility index (Phi) is 16.8. The Labute approximate surface area is 440 Å². The number of nitrogens with zero attached hydrogens (tertiary/aromatic N) is 10. The predicted molar refractivity (Wildman–Crippen MR) is 258 cm³/mol. The van der Waals surface area contributed by atoms with Gasteiger partial charge in [-0.25, -0.2) is 42.8 Å². The molecule has 6 aromatic rings. The van der Waals surface area contributed by atoms with E-state index in [1.54, 1.807) is 6.92 Å². The molecule has 6 aromatic heterocycles. The summed E-state index contributed by atoms with van der Waals surface area (Å²) in [6.45, 7) is -1.38. The van der Waals surface area contributed by atoms with Crippen molar-refractivity contribution in [3.63, 3.8) is 0 Å². The van der Waals surface area contributed by atoms with Crippen molar-refractivity contribution in [3.05, 3.63) is 46.0 Å². The number of fused-ring (bicyclic) bond motifs is 3. The van der Waals surface area contributed by atoms with Gasteiger partial charge in [0.05, 0.1) is 52.2 Å². The maximum Gasteiger partial charge on any atom is 0.490 e. The summed E-state index contributed by atoms with van der Waals surface area (Å²) in [5.74, 6) is -1.69. The molecule has 79 heavy (non-hydrogen) atoms. The number of hydrogen-bond donors (Lipinski definition) is 12. The van der Waals surface area contributed by atoms with E-state index in [1.807, 2.05) is 0 Å². The number of rotatable bonds is 23. The van der Waals surface area contributed by atoms with E-state index in [1.165, 1.54) is 27.1 Å². The lowest BCUT2D eigenvalue weighted by Crippen LogP contribution is -2.45. The minimum atomic E-state index is -6.19. The smallest absolute Gasteiger partial charge is 0.387 e. The topological polar surface area (TPSA) is 551 Å². The maximum absolute atomic E-state index is 13.7. The maximum atomic E-state index is 13.7. The number of aromatic nitrogens is 12. The molecule has 0 aliphatic carbocycles. The first-order valence-electron chi connectivity index (χ1n) is 23.1. The van der Waals surface area contributed by atoms with Crippen molar-refractivity contribution in [2.24, 2.45) is 13.0 Å². The van der Waals surface area contributed by atoms with Crippen LogP contribution in [0.4, 0.5) is 17.7 Å². The number of aliphatic hydroxyl groups excluding tert-OH is 3. The van der Waals surface area contributed by atoms with Gasteiger partial charge in [-0.1, -0.05) is 11.9 Å². The van der Waals surface area contributed by atoms with E-state index in [9.17, 15) is 62.7 Å². The molecule has 0 saturated carbocycles. The van der Waals surface area contributed by atoms with Crippen molar-refractivity contribution in [2.75, 3.05) is 57.3 Å². The number of nitrogens with two attached hydrogens (primary N) is 3. The number of nitrogen functional groups attached to an aromatic ring is 3. The molecule has 0 spiro atoms. The van der Waals surface area contributed by atoms with Gasteiger partial charge in [-0.3, -0.25) is 51.4 Å². The highest BCUT2D eigenvalue weighted by Crippen LogP contribution is 2.68. The number of phosphoric ester groups is 3. The molecule has 9 heterocycles. The first kappa shape index (κ1) is 58.5. The molecule has 43 heteroatoms. The van der Waals surface area contributed by atoms with E-state index in [4.69, 9.17) is 59.0 Å². The minimum absolute atomic E-state index is 0.0134. The van der Waals surface area contributed by atoms with Gasteiger partial charge in [0.1, 0.15) is 54.6 Å². The van der Waals surface area contributed by atoms with Crippen LogP contribution in [0.25, 0.3) is 33.5 Å². The van der Waals surface area contributed by atoms with Crippen LogP contribution in [0.2, 0.25) is 0 Å². The van der Waals surface area contributed by atoms with Crippen LogP contribution in [0.1, 0.15) is 32.0 Å². The highest BCUT2D eigenvalue weighted by Gasteiger charge is 2.54. The summed E-state index contributed by atoms with van der Waals surface area (Å²) in [6, 6.07) is 0. The fourth-order valence-corrected chi connectivity index (χ4v) is 13.4. The molecular weight excluding hydrogens is 1150 g/mol. The van der Waals surface area contributed by atoms with Crippen molar-refractivity contribution in [1.29, 1.82) is 0 Å². The molecule has 16 atom stereocenters. The van der Waals surface area contributed by atoms with Crippen LogP contribution in [0.15, 0.2) is 34.9 Å². The first-order chi connectivity index (χ1) is 37.2. The second-order valence-electron chi connectivity index (χ2n) is 17.7. The molecule has 3 aliphatic rings. The third kappa shape index (κ3) is 12.2. The Morgan fingerprint density at radius 3 is 1.99 bits per heavy atom. The lowest BCUT2D eigenvalue weighted by molar-refractivity contribution is -0.745. The Balaban J connectivity index is 0.872. The highest BCUT2D eigenvalue weighted by molar-refractivity contribution is 7.66. The summed E-state index contributed by atoms with van der Waals surface area (Å²) in [4.78, 5) is 96.7. The minimum Gasteiger partial charge on any atom is -0.387 e. The number of H-pyrrole nitrogens is 2. The molecule has 4 unspecified atom stereocenters. The van der Waals surface area contributed by atoms with Crippen LogP contribution >= 0.6 is 31.3 Å². The fraction of sp³-hybridized carbons (Fsp3) is 0.583. The molecule has 0 radical (unpaired) electrons. The Morgan fingerprint density at radius 1 is 0.696 bits per heavy atom. The number of aromatic amines is 2. The monoisotopic (exact) mass is 1200 g/mol. The van der Waals surface area contributed by atoms with Gasteiger partial charge in [0, 0.05) is 19.6 Å². The number of anilines is 3. The molecule has 39 nitrogen and oxygen atoms in total. The van der Waals surface area contributed by atoms with Crippen LogP contribution in [-0.4, -0.2) is 177 Å². The summed E-state index contributed by atoms with van der Waals surface area (Å²) in [5.41, 5.74) is 15.8. The summed E-state index contributed by atoms with van der Waals surface area (Å²) in [7, 11) is -20.8. The number of hydrogen-bond acceptors (Lipinski definition) is 29. The molecule has 0 bridgehead atoms. The van der Waals surface area contributed by atoms with Crippen LogP contribution in [-0.2, 0) is 75.7 Å². The fourth-order valence-electron chi connectivity index (χ4n) is 8.95. The van der Waals surface area contributed by atoms with Crippen molar-refractivity contribution in [2.45, 2.75) is 80.9 Å². The Bertz CT molecular complexity index is 3550. The zero-order valence-corrected chi connectivity index (χ0v) is 44.6. The number of methoxy groups -OCH3 is 1. The van der Waals surface area contributed by atoms with E-state index in [2.05, 4.69) is 48.5 Å². The highest BCUT2D eigenvalue weighted by atomic mass is 31.3. The molecule has 0 amide bonds. The number of phosphoric acid groups is 4. The van der Waals surface area contributed by atoms with Gasteiger partial charge in [-0.05, 0) is 6.42 Å². The SMILES string of the molecule is CCCOC[C@H]1[C@@H](O)[C@H]([n+]2cn(C)c3c(=O)[nH]c(N)nc32)O[C@@H]1COP(=O)(O)OP(=O)(O)OP(=O)(O)OC[C@H]1O[C@@H](n2cnc3c(N)ncnc32)[C@H](OC)[C@@H]1OP(=O)(O)OC[C@H]1O[C@@H](n2cnc3c(=O)[nH]c(N)nc32)[C@H](O)[C@@H]1O. The van der Waals surface area contributed by atoms with E-state index in [0.29, 0.717) is 6.42 Å². The van der Waals surface area contributed by atoms with E-state index in [0.717, 1.165) is 30.7 Å². The Morgan fingerprint density at radius 2 is 1.30 bits per heavy atom. The number of aryl methyl sites for hydroxylation is 1. The predicted octanol–water partition coefficient (Wildman–Crippen LogP) is -3.03. The first-order valence-corrected chi connectivity index (χ1v) is 29.1. The van der Waals surface area contributed by atoms with Crippen molar-refractivity contribution >= 4 is 82.5 Å². The van der Waals surface area contributed by atoms with Gasteiger partial charge in [0.25, 0.3) is 17.1 Å². The standard InChI is InChI=1S/C36H51N15O24P4/c1-4-5-66-6-14-15(70-32(21(14)52)51-13-48(2)20-29(51)45-36(39)47-31(20)56)7-68-77(59,60)74-79(63,64)75-78(61,62)69-9-17-24(25(65-3)34(72-17)49-11-42-18-26(37)40-10-41-27(18)49)73-76(57,58)67-8-16-22(53)23(54)33(71-16)50-12-43-19-28(50)44-35(38)46-30(19)55/h10-17,21-25,32-34,52-54H,4-9H2,1-3H3,(H11-,37,38,39,40,41,44,45,46,47,55,56,57,58,59,60,61,62,63,64)/p+1/t14-,15-,16-,17-,21-,22-,23-,24-,25-,32-,33-,34-/m1/s1. The second-order valence-corrected chi connectivity index (χ2v) is 23.8. The van der Waals surface area contributed by atoms with Gasteiger partial charge in [-0.2, -0.15) is 13.6 Å². The van der Waals surface area contributed by atoms with Gasteiger partial charge in [0.2, 0.25) is 17.7 Å². The number of aliphatic hydroxyl groups is 3. The summed E-state index contributed by atoms with van der Waals surface area (Å²) in [6.07, 6.45) is -12.3. The second kappa shape index (κ2) is 22.7. The molecule has 15 N–H and O–H groups in total. The molecule has 434 valence electrons. The van der Waals surface area contributed by atoms with Gasteiger partial charge >= 0.3 is 36.9 Å². The normalized spacial score (nSPS) is 29.5. The average Bonchev–Trinajstić information content (AvgIpc) is 4.43. The molecular formula is C36H52N15O24P4+. The van der Waals surface area contributed by atoms with Crippen LogP contribution in [0, 0.1) is 5.92 Å². The number of nitrogens with one attached hydrogen (secondary N) is 2. The van der Waals surface area contributed by atoms with Crippen LogP contribution in [0.5, 0.6) is 0 Å². The number of imidazole rings is 3. The third-order valence-electron chi connectivity index (χ3n) is 12.4. The largest absolute Gasteiger partial charge is 0.490 e. The molecule has 9 rings (SSSR count). The molecule has 3 saturated heterocycles. The molecule has 0 aromatic carbocycles. The van der Waals surface area contributed by atoms with E-state index >= 15 is 0 Å². The van der Waals surface area contributed by atoms with Crippen molar-refractivity contribution in [1.82, 2.24) is 53.6 Å². The lowest BCUT2D eigenvalue weighted by atomic mass is 9.99. The van der Waals surface area contributed by atoms with Crippen molar-refractivity contribution in [3.8, 4) is 0 Å². The molecule has 3 aliphatic heterocycles. The van der Waals surface area contributed by atoms with Crippen LogP contribution in [0.3, 0.4) is 0 Å². The summed E-state index contributed by atoms with van der Waals surface area (Å²) < 4.78 is 116. The average molecular weight is 1200 g/mol. The van der Waals surface area contributed by atoms with Gasteiger partial charge < -0.3 is 75.8 Å². The Hall–Kier alpha value is -5.15. The lowest BCUT2D eigenvalue weighted by Gasteiger charge is -2.26. The molecule has 3 fully saturated rings. The quantitative estimate of drug-likeness (QED) is 0.0172. The summed E-state index contributed by atoms with van der Waals surface area (Å²) >= 11 is 0. The van der Waals surface area contributed by atoms with E-state index in [-0.39, 0.29) is 64.4 Å². The third-order valence-corrected chi connectivity index (χ3v) is 17.6. The van der Waals surface area contributed by atoms with Gasteiger partial charge in [0.15, 0.2) is 41.4 Å². The van der Waals surface area contributed by atoms with Gasteiger partial charge in [-0.15, -0.1) is 0 Å². The summed E-state index contributed by atoms with van der Waals surface area (Å²) in [5, 5.41) is 33.2. The van der Waals surface area contributed by atoms with Crippen molar-refractivity contribution < 1.29 is 108 Å². The van der Waals surface area contributed by atoms with Crippen LogP contribution < -0.4 is 32.9 Å². The zero-order chi connectivity index (χ0) is 57.1. The number of ether oxygens (including phenoxy) is 5.